The van der Waals surface area contributed by atoms with Gasteiger partial charge in [0.1, 0.15) is 53.5 Å². The van der Waals surface area contributed by atoms with E-state index < -0.39 is 183 Å². The number of hydrogen-bond acceptors (Lipinski definition) is 26. The van der Waals surface area contributed by atoms with E-state index in [1.165, 1.54) is 62.5 Å². The van der Waals surface area contributed by atoms with Gasteiger partial charge in [-0.05, 0) is 73.9 Å². The predicted molar refractivity (Wildman–Crippen MR) is 343 cm³/mol. The van der Waals surface area contributed by atoms with E-state index in [0.29, 0.717) is 22.3 Å². The fourth-order valence-electron chi connectivity index (χ4n) is 13.0. The number of piperazine rings is 1. The summed E-state index contributed by atoms with van der Waals surface area (Å²) >= 11 is 1.38. The Kier molecular flexibility index (Phi) is 23.3. The minimum atomic E-state index is -2.53. The zero-order chi connectivity index (χ0) is 69.5. The van der Waals surface area contributed by atoms with E-state index in [4.69, 9.17) is 25.3 Å². The molecule has 10 rings (SSSR count). The van der Waals surface area contributed by atoms with Crippen LogP contribution in [0, 0.1) is 5.92 Å². The highest BCUT2D eigenvalue weighted by atomic mass is 32.2. The van der Waals surface area contributed by atoms with Crippen molar-refractivity contribution in [1.29, 1.82) is 0 Å². The average Bonchev–Trinajstić information content (AvgIpc) is 1.67. The Morgan fingerprint density at radius 2 is 1.45 bits per heavy atom. The van der Waals surface area contributed by atoms with Gasteiger partial charge in [0.15, 0.2) is 11.5 Å². The second-order valence-electron chi connectivity index (χ2n) is 25.1. The lowest BCUT2D eigenvalue weighted by Crippen LogP contribution is -2.64. The van der Waals surface area contributed by atoms with Crippen LogP contribution in [0.1, 0.15) is 87.2 Å². The summed E-state index contributed by atoms with van der Waals surface area (Å²) in [5.74, 6) is -11.9. The summed E-state index contributed by atoms with van der Waals surface area (Å²) < 4.78 is 10.9. The van der Waals surface area contributed by atoms with Gasteiger partial charge in [-0.2, -0.15) is 5.10 Å². The Morgan fingerprint density at radius 3 is 2.12 bits per heavy atom. The molecule has 35 heteroatoms. The monoisotopic (exact) mass is 1390 g/mol. The van der Waals surface area contributed by atoms with Crippen LogP contribution in [-0.2, 0) is 42.9 Å². The number of anilines is 1. The van der Waals surface area contributed by atoms with E-state index in [1.54, 1.807) is 22.8 Å². The molecule has 5 aliphatic rings. The molecule has 14 atom stereocenters. The Labute approximate surface area is 563 Å². The second kappa shape index (κ2) is 31.6. The van der Waals surface area contributed by atoms with Crippen molar-refractivity contribution in [2.75, 3.05) is 50.7 Å². The van der Waals surface area contributed by atoms with Crippen LogP contribution in [0.25, 0.3) is 26.8 Å². The van der Waals surface area contributed by atoms with E-state index in [0.717, 1.165) is 77.4 Å². The molecule has 8 amide bonds. The molecule has 97 heavy (non-hydrogen) atoms. The number of primary amides is 1. The number of nitrogens with zero attached hydrogens (tertiary/aromatic N) is 7. The molecule has 1 aliphatic carbocycles. The molecule has 16 N–H and O–H groups in total. The van der Waals surface area contributed by atoms with Crippen molar-refractivity contribution in [2.45, 2.75) is 150 Å². The first-order chi connectivity index (χ1) is 46.4. The van der Waals surface area contributed by atoms with Crippen molar-refractivity contribution in [3.63, 3.8) is 0 Å². The fraction of sp³-hybridized carbons (Fsp3) is 0.516. The highest BCUT2D eigenvalue weighted by Gasteiger charge is 2.50. The van der Waals surface area contributed by atoms with Gasteiger partial charge in [-0.15, -0.1) is 0 Å². The number of aliphatic hydroxyl groups excluding tert-OH is 7. The van der Waals surface area contributed by atoms with E-state index in [2.05, 4.69) is 70.0 Å². The number of nitrogens with two attached hydrogens (primary N) is 1. The van der Waals surface area contributed by atoms with Gasteiger partial charge >= 0.3 is 0 Å². The summed E-state index contributed by atoms with van der Waals surface area (Å²) in [5, 5.41) is 120. The van der Waals surface area contributed by atoms with Crippen LogP contribution < -0.4 is 41.4 Å². The van der Waals surface area contributed by atoms with Gasteiger partial charge in [-0.3, -0.25) is 43.3 Å². The van der Waals surface area contributed by atoms with Crippen LogP contribution in [-0.4, -0.2) is 247 Å². The van der Waals surface area contributed by atoms with Crippen molar-refractivity contribution in [1.82, 2.24) is 55.9 Å². The molecule has 6 heterocycles. The zero-order valence-electron chi connectivity index (χ0n) is 52.7. The number of carbonyl (C=O) groups is 8. The molecule has 0 bridgehead atoms. The van der Waals surface area contributed by atoms with Gasteiger partial charge in [0.2, 0.25) is 46.3 Å². The van der Waals surface area contributed by atoms with Crippen LogP contribution >= 0.6 is 23.7 Å². The summed E-state index contributed by atoms with van der Waals surface area (Å²) in [7, 11) is 0. The molecule has 33 nitrogen and oxygen atoms in total. The number of rotatable bonds is 17. The van der Waals surface area contributed by atoms with Crippen LogP contribution in [0.3, 0.4) is 0 Å². The number of carbonyl (C=O) groups excluding carboxylic acids is 8. The van der Waals surface area contributed by atoms with Gasteiger partial charge in [0, 0.05) is 93.0 Å². The molecule has 0 spiro atoms. The number of phenolic OH excluding ortho intramolecular Hbond substituents is 1. The lowest BCUT2D eigenvalue weighted by Gasteiger charge is -2.41. The average molecular weight is 1390 g/mol. The van der Waals surface area contributed by atoms with Crippen molar-refractivity contribution in [3.8, 4) is 33.3 Å². The maximum absolute atomic E-state index is 14.7. The lowest BCUT2D eigenvalue weighted by molar-refractivity contribution is -0.433. The highest BCUT2D eigenvalue weighted by molar-refractivity contribution is 7.90. The number of aromatic hydroxyl groups is 1. The molecule has 0 radical (unpaired) electrons. The number of amides is 8. The van der Waals surface area contributed by atoms with Crippen molar-refractivity contribution in [3.05, 3.63) is 84.1 Å². The molecular weight excluding hydrogens is 1310 g/mol. The van der Waals surface area contributed by atoms with E-state index in [9.17, 15) is 79.2 Å². The second-order valence-corrected chi connectivity index (χ2v) is 26.4. The number of nitrogens with one attached hydrogen (secondary N) is 5. The highest BCUT2D eigenvalue weighted by Crippen LogP contribution is 2.35. The molecule has 4 saturated heterocycles. The van der Waals surface area contributed by atoms with Crippen molar-refractivity contribution < 1.29 is 98.0 Å². The molecule has 2 aromatic heterocycles. The third-order valence-corrected chi connectivity index (χ3v) is 19.6. The SMILES string of the molecule is CC(O)C1NC(=O)[C@@H](NC(=O)c2ccc(-c3cn4nc(-c5ccc(N6CCN(C7CCCCC7)CC6)cc5)sc4n3)cc2)CC(O)CNC(=O)C2C(O)C(C)CN2C(=O)C(C(O)CC(N)=O)NC(=O)C(C(O)C(O)c2ccc(O)c(OSOOO)c2)NC(=O)C2CC(O)CN2C1=O. The number of imidazole rings is 1. The molecule has 13 unspecified atom stereocenters. The first-order valence-electron chi connectivity index (χ1n) is 31.7. The maximum atomic E-state index is 14.7. The van der Waals surface area contributed by atoms with Crippen molar-refractivity contribution >= 4 is 81.6 Å². The Morgan fingerprint density at radius 1 is 0.784 bits per heavy atom. The summed E-state index contributed by atoms with van der Waals surface area (Å²) in [6, 6.07) is 5.81. The molecule has 4 aliphatic heterocycles. The molecule has 1 saturated carbocycles. The number of aliphatic hydroxyl groups is 7. The largest absolute Gasteiger partial charge is 0.504 e. The van der Waals surface area contributed by atoms with Crippen LogP contribution in [0.5, 0.6) is 11.5 Å². The van der Waals surface area contributed by atoms with E-state index in [1.807, 2.05) is 0 Å². The molecule has 5 fully saturated rings. The summed E-state index contributed by atoms with van der Waals surface area (Å²) in [6.07, 6.45) is -7.87. The van der Waals surface area contributed by atoms with Gasteiger partial charge in [-0.1, -0.05) is 65.1 Å². The van der Waals surface area contributed by atoms with Gasteiger partial charge in [0.05, 0.1) is 48.8 Å². The normalized spacial score (nSPS) is 26.8. The topological polar surface area (TPSA) is 476 Å². The minimum Gasteiger partial charge on any atom is -0.504 e. The first kappa shape index (κ1) is 71.6. The third-order valence-electron chi connectivity index (χ3n) is 18.3. The Hall–Kier alpha value is -8.17. The van der Waals surface area contributed by atoms with Gasteiger partial charge < -0.3 is 92.1 Å². The standard InChI is InChI=1S/C62H79N13O20S2/c1-30-27-74-50(51(30)82)58(89)64-26-38(77)23-40(65-54(85)33-10-8-32(9-11-33)41-29-75-62(66-41)96-59(70-75)34-12-15-37(16-13-34)72-20-18-71(19-21-72)36-6-4-3-5-7-36)55(86)67-47(31(2)76)60(90)73-28-39(78)24-42(73)56(87)69-49(57(88)68-48(61(74)91)44(80)25-46(63)81)53(84)52(83)35-14-17-43(79)45(22-35)93-97-95-94-92/h8-17,22,29-31,36,38-40,42,44,47-53,76-80,82-84,92H,3-7,18-21,23-28H2,1-2H3,(H2,63,81)(H,64,89)(H,65,85)(H,67,86)(H,68,88)(H,69,87)/t30?,31?,38?,39?,40-,42?,44?,47?,48?,49?,50?,51?,52?,53?/m0/s1. The van der Waals surface area contributed by atoms with Gasteiger partial charge in [-0.25, -0.2) is 14.8 Å². The van der Waals surface area contributed by atoms with E-state index >= 15 is 0 Å². The first-order valence-corrected chi connectivity index (χ1v) is 33.2. The zero-order valence-corrected chi connectivity index (χ0v) is 54.4. The van der Waals surface area contributed by atoms with Gasteiger partial charge in [0.25, 0.3) is 18.2 Å². The van der Waals surface area contributed by atoms with Crippen LogP contribution in [0.15, 0.2) is 72.9 Å². The quantitative estimate of drug-likeness (QED) is 0.0206. The molecule has 5 aromatic rings. The number of hydrogen-bond donors (Lipinski definition) is 15. The lowest BCUT2D eigenvalue weighted by atomic mass is 9.94. The summed E-state index contributed by atoms with van der Waals surface area (Å²) in [5.41, 5.74) is 8.26. The molecule has 524 valence electrons. The minimum absolute atomic E-state index is 0.00109. The summed E-state index contributed by atoms with van der Waals surface area (Å²) in [6.45, 7) is 4.75. The van der Waals surface area contributed by atoms with Crippen LogP contribution in [0.2, 0.25) is 0 Å². The fourth-order valence-corrected chi connectivity index (χ4v) is 14.2. The smallest absolute Gasteiger partial charge is 0.261 e. The Balaban J connectivity index is 0.892. The maximum Gasteiger partial charge on any atom is 0.261 e. The van der Waals surface area contributed by atoms with Crippen molar-refractivity contribution in [2.24, 2.45) is 11.7 Å². The van der Waals surface area contributed by atoms with E-state index in [-0.39, 0.29) is 23.5 Å². The number of β-amino-alcohol motifs (C(OH)–C–C–N with tert-alkyl or cyclic N) is 1. The predicted octanol–water partition coefficient (Wildman–Crippen LogP) is -2.04. The summed E-state index contributed by atoms with van der Waals surface area (Å²) in [4.78, 5) is 126. The number of benzene rings is 3. The molecular formula is C62H79N13O20S2. The van der Waals surface area contributed by atoms with Crippen LogP contribution in [0.4, 0.5) is 5.69 Å². The molecule has 3 aromatic carbocycles. The number of aromatic nitrogens is 3. The number of fused-ring (bicyclic) bond motifs is 3. The number of phenols is 1. The Bertz CT molecular complexity index is 3620. The third kappa shape index (κ3) is 16.7.